The fourth-order valence-electron chi connectivity index (χ4n) is 2.13. The lowest BCUT2D eigenvalue weighted by Gasteiger charge is -2.13. The fraction of sp³-hybridized carbons (Fsp3) is 0.294. The van der Waals surface area contributed by atoms with E-state index < -0.39 is 0 Å². The SMILES string of the molecule is COc1cc(Cl)c(C)cc1NCCCc1ccccc1. The van der Waals surface area contributed by atoms with Crippen LogP contribution in [0.15, 0.2) is 42.5 Å². The van der Waals surface area contributed by atoms with E-state index >= 15 is 0 Å². The molecule has 2 rings (SSSR count). The molecule has 0 bridgehead atoms. The Labute approximate surface area is 125 Å². The molecule has 106 valence electrons. The quantitative estimate of drug-likeness (QED) is 0.778. The zero-order valence-electron chi connectivity index (χ0n) is 11.9. The second-order valence-electron chi connectivity index (χ2n) is 4.82. The van der Waals surface area contributed by atoms with Crippen LogP contribution in [0.1, 0.15) is 17.5 Å². The van der Waals surface area contributed by atoms with Crippen molar-refractivity contribution in [2.24, 2.45) is 0 Å². The van der Waals surface area contributed by atoms with E-state index in [2.05, 4.69) is 29.6 Å². The Morgan fingerprint density at radius 3 is 2.60 bits per heavy atom. The van der Waals surface area contributed by atoms with Crippen molar-refractivity contribution < 1.29 is 4.74 Å². The number of nitrogens with one attached hydrogen (secondary N) is 1. The van der Waals surface area contributed by atoms with E-state index in [1.807, 2.05) is 25.1 Å². The number of methoxy groups -OCH3 is 1. The van der Waals surface area contributed by atoms with Crippen LogP contribution in [0.3, 0.4) is 0 Å². The lowest BCUT2D eigenvalue weighted by molar-refractivity contribution is 0.416. The third kappa shape index (κ3) is 3.91. The molecule has 3 heteroatoms. The van der Waals surface area contributed by atoms with Crippen LogP contribution in [0, 0.1) is 6.92 Å². The molecule has 0 saturated heterocycles. The van der Waals surface area contributed by atoms with E-state index in [4.69, 9.17) is 16.3 Å². The molecule has 0 unspecified atom stereocenters. The summed E-state index contributed by atoms with van der Waals surface area (Å²) in [4.78, 5) is 0. The minimum atomic E-state index is 0.733. The molecule has 0 atom stereocenters. The van der Waals surface area contributed by atoms with Crippen LogP contribution < -0.4 is 10.1 Å². The molecule has 2 nitrogen and oxygen atoms in total. The summed E-state index contributed by atoms with van der Waals surface area (Å²) in [6.45, 7) is 2.91. The van der Waals surface area contributed by atoms with Crippen molar-refractivity contribution in [3.63, 3.8) is 0 Å². The first kappa shape index (κ1) is 14.7. The summed E-state index contributed by atoms with van der Waals surface area (Å²) in [5, 5.41) is 4.15. The van der Waals surface area contributed by atoms with Gasteiger partial charge in [-0.15, -0.1) is 0 Å². The van der Waals surface area contributed by atoms with Crippen LogP contribution in [0.25, 0.3) is 0 Å². The first-order chi connectivity index (χ1) is 9.70. The monoisotopic (exact) mass is 289 g/mol. The van der Waals surface area contributed by atoms with Gasteiger partial charge in [-0.2, -0.15) is 0 Å². The maximum absolute atomic E-state index is 6.10. The summed E-state index contributed by atoms with van der Waals surface area (Å²) in [5.41, 5.74) is 3.43. The van der Waals surface area contributed by atoms with Gasteiger partial charge in [0.2, 0.25) is 0 Å². The average molecular weight is 290 g/mol. The second kappa shape index (κ2) is 7.20. The minimum absolute atomic E-state index is 0.733. The zero-order valence-corrected chi connectivity index (χ0v) is 12.7. The predicted octanol–water partition coefficient (Wildman–Crippen LogP) is 4.70. The fourth-order valence-corrected chi connectivity index (χ4v) is 2.28. The molecule has 0 saturated carbocycles. The molecule has 20 heavy (non-hydrogen) atoms. The number of ether oxygens (including phenoxy) is 1. The summed E-state index contributed by atoms with van der Waals surface area (Å²) in [7, 11) is 1.66. The van der Waals surface area contributed by atoms with Crippen molar-refractivity contribution in [3.8, 4) is 5.75 Å². The highest BCUT2D eigenvalue weighted by Crippen LogP contribution is 2.30. The van der Waals surface area contributed by atoms with Crippen molar-refractivity contribution in [2.75, 3.05) is 19.0 Å². The van der Waals surface area contributed by atoms with Gasteiger partial charge in [-0.1, -0.05) is 41.9 Å². The molecule has 0 spiro atoms. The first-order valence-corrected chi connectivity index (χ1v) is 7.20. The topological polar surface area (TPSA) is 21.3 Å². The number of halogens is 1. The van der Waals surface area contributed by atoms with Crippen LogP contribution in [0.5, 0.6) is 5.75 Å². The lowest BCUT2D eigenvalue weighted by Crippen LogP contribution is -2.05. The highest BCUT2D eigenvalue weighted by atomic mass is 35.5. The molecule has 0 aliphatic carbocycles. The normalized spacial score (nSPS) is 10.3. The Balaban J connectivity index is 1.89. The van der Waals surface area contributed by atoms with Gasteiger partial charge < -0.3 is 10.1 Å². The molecule has 0 aromatic heterocycles. The van der Waals surface area contributed by atoms with E-state index in [9.17, 15) is 0 Å². The van der Waals surface area contributed by atoms with Crippen molar-refractivity contribution in [1.29, 1.82) is 0 Å². The molecule has 0 aliphatic heterocycles. The van der Waals surface area contributed by atoms with Crippen LogP contribution in [-0.4, -0.2) is 13.7 Å². The Morgan fingerprint density at radius 1 is 1.15 bits per heavy atom. The van der Waals surface area contributed by atoms with Crippen molar-refractivity contribution in [3.05, 3.63) is 58.6 Å². The molecule has 0 amide bonds. The summed E-state index contributed by atoms with van der Waals surface area (Å²) in [6, 6.07) is 14.4. The number of rotatable bonds is 6. The molecule has 2 aromatic carbocycles. The standard InChI is InChI=1S/C17H20ClNO/c1-13-11-16(17(20-2)12-15(13)18)19-10-6-9-14-7-4-3-5-8-14/h3-5,7-8,11-12,19H,6,9-10H2,1-2H3. The van der Waals surface area contributed by atoms with Gasteiger partial charge in [0, 0.05) is 17.6 Å². The van der Waals surface area contributed by atoms with Crippen molar-refractivity contribution in [1.82, 2.24) is 0 Å². The van der Waals surface area contributed by atoms with E-state index in [1.165, 1.54) is 5.56 Å². The third-order valence-electron chi connectivity index (χ3n) is 3.28. The Bertz CT molecular complexity index is 554. The molecular weight excluding hydrogens is 270 g/mol. The van der Waals surface area contributed by atoms with Gasteiger partial charge in [0.15, 0.2) is 0 Å². The molecule has 0 aliphatic rings. The minimum Gasteiger partial charge on any atom is -0.495 e. The Morgan fingerprint density at radius 2 is 1.90 bits per heavy atom. The largest absolute Gasteiger partial charge is 0.495 e. The summed E-state index contributed by atoms with van der Waals surface area (Å²) >= 11 is 6.10. The summed E-state index contributed by atoms with van der Waals surface area (Å²) in [6.07, 6.45) is 2.15. The number of anilines is 1. The van der Waals surface area contributed by atoms with Gasteiger partial charge in [-0.3, -0.25) is 0 Å². The van der Waals surface area contributed by atoms with Gasteiger partial charge in [0.25, 0.3) is 0 Å². The van der Waals surface area contributed by atoms with Crippen LogP contribution in [0.2, 0.25) is 5.02 Å². The number of hydrogen-bond donors (Lipinski definition) is 1. The maximum atomic E-state index is 6.10. The first-order valence-electron chi connectivity index (χ1n) is 6.82. The van der Waals surface area contributed by atoms with Gasteiger partial charge >= 0.3 is 0 Å². The van der Waals surface area contributed by atoms with E-state index in [1.54, 1.807) is 7.11 Å². The zero-order chi connectivity index (χ0) is 14.4. The average Bonchev–Trinajstić information content (AvgIpc) is 2.48. The number of hydrogen-bond acceptors (Lipinski definition) is 2. The summed E-state index contributed by atoms with van der Waals surface area (Å²) < 4.78 is 5.35. The molecular formula is C17H20ClNO. The number of benzene rings is 2. The van der Waals surface area contributed by atoms with Crippen molar-refractivity contribution >= 4 is 17.3 Å². The Kier molecular flexibility index (Phi) is 5.31. The van der Waals surface area contributed by atoms with E-state index in [-0.39, 0.29) is 0 Å². The second-order valence-corrected chi connectivity index (χ2v) is 5.22. The number of aryl methyl sites for hydroxylation is 2. The molecule has 1 N–H and O–H groups in total. The van der Waals surface area contributed by atoms with E-state index in [0.29, 0.717) is 0 Å². The highest BCUT2D eigenvalue weighted by Gasteiger charge is 2.06. The van der Waals surface area contributed by atoms with E-state index in [0.717, 1.165) is 41.4 Å². The lowest BCUT2D eigenvalue weighted by atomic mass is 10.1. The smallest absolute Gasteiger partial charge is 0.143 e. The molecule has 2 aromatic rings. The Hall–Kier alpha value is -1.67. The van der Waals surface area contributed by atoms with Gasteiger partial charge in [-0.25, -0.2) is 0 Å². The van der Waals surface area contributed by atoms with Gasteiger partial charge in [-0.05, 0) is 37.0 Å². The molecule has 0 radical (unpaired) electrons. The van der Waals surface area contributed by atoms with Crippen molar-refractivity contribution in [2.45, 2.75) is 19.8 Å². The summed E-state index contributed by atoms with van der Waals surface area (Å²) in [5.74, 6) is 0.792. The van der Waals surface area contributed by atoms with Gasteiger partial charge in [0.05, 0.1) is 12.8 Å². The van der Waals surface area contributed by atoms with Crippen LogP contribution >= 0.6 is 11.6 Å². The van der Waals surface area contributed by atoms with Crippen LogP contribution in [-0.2, 0) is 6.42 Å². The molecule has 0 heterocycles. The van der Waals surface area contributed by atoms with Crippen LogP contribution in [0.4, 0.5) is 5.69 Å². The maximum Gasteiger partial charge on any atom is 0.143 e. The highest BCUT2D eigenvalue weighted by molar-refractivity contribution is 6.31. The predicted molar refractivity (Wildman–Crippen MR) is 86.0 cm³/mol. The molecule has 0 fully saturated rings. The third-order valence-corrected chi connectivity index (χ3v) is 3.69. The van der Waals surface area contributed by atoms with Gasteiger partial charge in [0.1, 0.15) is 5.75 Å².